The molecule has 0 radical (unpaired) electrons. The fourth-order valence-corrected chi connectivity index (χ4v) is 2.51. The number of ether oxygens (including phenoxy) is 1. The summed E-state index contributed by atoms with van der Waals surface area (Å²) in [6.45, 7) is 11.4. The van der Waals surface area contributed by atoms with E-state index >= 15 is 0 Å². The number of hydrogen-bond acceptors (Lipinski definition) is 3. The molecule has 2 N–H and O–H groups in total. The van der Waals surface area contributed by atoms with E-state index in [0.29, 0.717) is 6.54 Å². The van der Waals surface area contributed by atoms with Gasteiger partial charge in [-0.1, -0.05) is 6.92 Å². The van der Waals surface area contributed by atoms with Crippen LogP contribution in [-0.2, 0) is 4.74 Å². The summed E-state index contributed by atoms with van der Waals surface area (Å²) in [6.07, 6.45) is 3.00. The molecule has 0 aliphatic carbocycles. The Balaban J connectivity index is 2.18. The van der Waals surface area contributed by atoms with Crippen LogP contribution >= 0.6 is 0 Å². The Bertz CT molecular complexity index is 377. The van der Waals surface area contributed by atoms with E-state index in [9.17, 15) is 4.79 Å². The smallest absolute Gasteiger partial charge is 0.407 e. The zero-order valence-electron chi connectivity index (χ0n) is 14.7. The van der Waals surface area contributed by atoms with Crippen LogP contribution in [0.5, 0.6) is 0 Å². The molecule has 128 valence electrons. The van der Waals surface area contributed by atoms with Gasteiger partial charge in [0.05, 0.1) is 0 Å². The molecule has 0 aromatic carbocycles. The van der Waals surface area contributed by atoms with Crippen LogP contribution in [0.15, 0.2) is 4.99 Å². The molecule has 1 unspecified atom stereocenters. The van der Waals surface area contributed by atoms with Gasteiger partial charge in [-0.25, -0.2) is 4.79 Å². The average molecular weight is 312 g/mol. The average Bonchev–Trinajstić information content (AvgIpc) is 2.40. The highest BCUT2D eigenvalue weighted by Crippen LogP contribution is 2.15. The van der Waals surface area contributed by atoms with Crippen molar-refractivity contribution in [1.29, 1.82) is 0 Å². The van der Waals surface area contributed by atoms with E-state index in [4.69, 9.17) is 4.74 Å². The van der Waals surface area contributed by atoms with Gasteiger partial charge in [-0.2, -0.15) is 0 Å². The highest BCUT2D eigenvalue weighted by atomic mass is 16.6. The van der Waals surface area contributed by atoms with E-state index < -0.39 is 5.60 Å². The van der Waals surface area contributed by atoms with E-state index in [-0.39, 0.29) is 6.09 Å². The Labute approximate surface area is 134 Å². The molecule has 1 rings (SSSR count). The molecule has 0 bridgehead atoms. The third-order valence-electron chi connectivity index (χ3n) is 3.47. The predicted molar refractivity (Wildman–Crippen MR) is 90.2 cm³/mol. The van der Waals surface area contributed by atoms with Crippen LogP contribution in [-0.4, -0.2) is 55.8 Å². The fourth-order valence-electron chi connectivity index (χ4n) is 2.51. The number of likely N-dealkylation sites (tertiary alicyclic amines) is 1. The molecule has 1 saturated heterocycles. The molecule has 1 aliphatic rings. The number of hydrogen-bond donors (Lipinski definition) is 2. The molecular formula is C16H32N4O2. The number of alkyl carbamates (subject to hydrolysis) is 1. The number of nitrogens with zero attached hydrogens (tertiary/aromatic N) is 2. The first-order chi connectivity index (χ1) is 10.3. The van der Waals surface area contributed by atoms with Crippen molar-refractivity contribution in [1.82, 2.24) is 15.5 Å². The second-order valence-electron chi connectivity index (χ2n) is 6.95. The van der Waals surface area contributed by atoms with Crippen molar-refractivity contribution in [3.63, 3.8) is 0 Å². The molecule has 1 atom stereocenters. The number of amides is 1. The molecule has 0 saturated carbocycles. The lowest BCUT2D eigenvalue weighted by molar-refractivity contribution is 0.0527. The minimum atomic E-state index is -0.449. The van der Waals surface area contributed by atoms with Crippen LogP contribution in [0.25, 0.3) is 0 Å². The number of aliphatic imine (C=N–C) groups is 1. The maximum absolute atomic E-state index is 11.5. The third kappa shape index (κ3) is 7.52. The molecule has 6 heteroatoms. The largest absolute Gasteiger partial charge is 0.444 e. The maximum Gasteiger partial charge on any atom is 0.407 e. The fraction of sp³-hybridized carbons (Fsp3) is 0.875. The first-order valence-electron chi connectivity index (χ1n) is 8.24. The first kappa shape index (κ1) is 18.6. The molecule has 6 nitrogen and oxygen atoms in total. The number of nitrogens with one attached hydrogen (secondary N) is 2. The molecule has 0 spiro atoms. The summed E-state index contributed by atoms with van der Waals surface area (Å²) in [4.78, 5) is 18.2. The van der Waals surface area contributed by atoms with Crippen LogP contribution in [0.3, 0.4) is 0 Å². The monoisotopic (exact) mass is 312 g/mol. The van der Waals surface area contributed by atoms with E-state index in [2.05, 4.69) is 27.4 Å². The third-order valence-corrected chi connectivity index (χ3v) is 3.47. The SMILES string of the molecule is CN=C(NCCCNC(=O)OC(C)(C)C)N1CCCC(C)C1. The van der Waals surface area contributed by atoms with Gasteiger partial charge in [0.25, 0.3) is 0 Å². The quantitative estimate of drug-likeness (QED) is 0.474. The Kier molecular flexibility index (Phi) is 7.48. The van der Waals surface area contributed by atoms with Crippen LogP contribution < -0.4 is 10.6 Å². The van der Waals surface area contributed by atoms with Gasteiger partial charge in [-0.3, -0.25) is 4.99 Å². The van der Waals surface area contributed by atoms with Crippen molar-refractivity contribution in [3.05, 3.63) is 0 Å². The molecule has 1 amide bonds. The Morgan fingerprint density at radius 2 is 2.00 bits per heavy atom. The number of carbonyl (C=O) groups excluding carboxylic acids is 1. The van der Waals surface area contributed by atoms with Crippen LogP contribution in [0.1, 0.15) is 47.0 Å². The Morgan fingerprint density at radius 3 is 2.59 bits per heavy atom. The molecular weight excluding hydrogens is 280 g/mol. The topological polar surface area (TPSA) is 66.0 Å². The summed E-state index contributed by atoms with van der Waals surface area (Å²) in [5, 5.41) is 6.13. The number of carbonyl (C=O) groups is 1. The van der Waals surface area contributed by atoms with E-state index in [0.717, 1.165) is 37.9 Å². The van der Waals surface area contributed by atoms with Crippen molar-refractivity contribution in [2.75, 3.05) is 33.2 Å². The van der Waals surface area contributed by atoms with Gasteiger partial charge in [0.2, 0.25) is 0 Å². The molecule has 1 heterocycles. The lowest BCUT2D eigenvalue weighted by Crippen LogP contribution is -2.46. The first-order valence-corrected chi connectivity index (χ1v) is 8.24. The van der Waals surface area contributed by atoms with Gasteiger partial charge < -0.3 is 20.3 Å². The normalized spacial score (nSPS) is 19.8. The highest BCUT2D eigenvalue weighted by Gasteiger charge is 2.19. The van der Waals surface area contributed by atoms with Crippen molar-refractivity contribution in [2.24, 2.45) is 10.9 Å². The van der Waals surface area contributed by atoms with Crippen LogP contribution in [0.2, 0.25) is 0 Å². The molecule has 22 heavy (non-hydrogen) atoms. The lowest BCUT2D eigenvalue weighted by Gasteiger charge is -2.33. The van der Waals surface area contributed by atoms with Gasteiger partial charge in [0.1, 0.15) is 5.60 Å². The van der Waals surface area contributed by atoms with Gasteiger partial charge in [-0.05, 0) is 46.0 Å². The maximum atomic E-state index is 11.5. The molecule has 1 aliphatic heterocycles. The number of rotatable bonds is 4. The minimum Gasteiger partial charge on any atom is -0.444 e. The van der Waals surface area contributed by atoms with Crippen molar-refractivity contribution in [2.45, 2.75) is 52.6 Å². The Hall–Kier alpha value is -1.46. The van der Waals surface area contributed by atoms with Crippen LogP contribution in [0, 0.1) is 5.92 Å². The van der Waals surface area contributed by atoms with Gasteiger partial charge in [-0.15, -0.1) is 0 Å². The summed E-state index contributed by atoms with van der Waals surface area (Å²) < 4.78 is 5.19. The molecule has 0 aromatic heterocycles. The zero-order valence-corrected chi connectivity index (χ0v) is 14.7. The predicted octanol–water partition coefficient (Wildman–Crippen LogP) is 2.21. The zero-order chi connectivity index (χ0) is 16.6. The standard InChI is InChI=1S/C16H32N4O2/c1-13-8-6-11-20(12-13)14(17-5)18-9-7-10-19-15(21)22-16(2,3)4/h13H,6-12H2,1-5H3,(H,17,18)(H,19,21). The molecule has 1 fully saturated rings. The number of guanidine groups is 1. The Morgan fingerprint density at radius 1 is 1.32 bits per heavy atom. The summed E-state index contributed by atoms with van der Waals surface area (Å²) >= 11 is 0. The van der Waals surface area contributed by atoms with E-state index in [1.165, 1.54) is 12.8 Å². The molecule has 0 aromatic rings. The number of piperidine rings is 1. The second-order valence-corrected chi connectivity index (χ2v) is 6.95. The summed E-state index contributed by atoms with van der Waals surface area (Å²) in [6, 6.07) is 0. The van der Waals surface area contributed by atoms with Crippen molar-refractivity contribution in [3.8, 4) is 0 Å². The van der Waals surface area contributed by atoms with Crippen molar-refractivity contribution >= 4 is 12.1 Å². The van der Waals surface area contributed by atoms with Gasteiger partial charge >= 0.3 is 6.09 Å². The van der Waals surface area contributed by atoms with Gasteiger partial charge in [0.15, 0.2) is 5.96 Å². The summed E-state index contributed by atoms with van der Waals surface area (Å²) in [5.41, 5.74) is -0.449. The minimum absolute atomic E-state index is 0.360. The summed E-state index contributed by atoms with van der Waals surface area (Å²) in [7, 11) is 1.82. The van der Waals surface area contributed by atoms with Crippen LogP contribution in [0.4, 0.5) is 4.79 Å². The highest BCUT2D eigenvalue weighted by molar-refractivity contribution is 5.79. The lowest BCUT2D eigenvalue weighted by atomic mass is 10.0. The van der Waals surface area contributed by atoms with Gasteiger partial charge in [0, 0.05) is 33.2 Å². The second kappa shape index (κ2) is 8.86. The summed E-state index contributed by atoms with van der Waals surface area (Å²) in [5.74, 6) is 1.69. The van der Waals surface area contributed by atoms with E-state index in [1.54, 1.807) is 0 Å². The van der Waals surface area contributed by atoms with Crippen molar-refractivity contribution < 1.29 is 9.53 Å². The van der Waals surface area contributed by atoms with E-state index in [1.807, 2.05) is 27.8 Å².